The van der Waals surface area contributed by atoms with Crippen LogP contribution >= 0.6 is 0 Å². The molecule has 0 heterocycles. The van der Waals surface area contributed by atoms with E-state index >= 15 is 0 Å². The molecule has 5 heteroatoms. The number of sulfonamides is 1. The van der Waals surface area contributed by atoms with E-state index in [1.54, 1.807) is 25.1 Å². The molecule has 0 radical (unpaired) electrons. The highest BCUT2D eigenvalue weighted by Crippen LogP contribution is 2.13. The number of hydrogen-bond donors (Lipinski definition) is 1. The quantitative estimate of drug-likeness (QED) is 0.856. The lowest BCUT2D eigenvalue weighted by atomic mass is 10.2. The summed E-state index contributed by atoms with van der Waals surface area (Å²) in [6, 6.07) is 6.60. The third-order valence-electron chi connectivity index (χ3n) is 1.94. The van der Waals surface area contributed by atoms with Crippen molar-refractivity contribution in [1.82, 2.24) is 4.72 Å². The average molecular weight is 231 g/mol. The van der Waals surface area contributed by atoms with Crippen molar-refractivity contribution >= 4 is 10.0 Å². The first-order valence-corrected chi connectivity index (χ1v) is 6.11. The number of benzene rings is 1. The Morgan fingerprint density at radius 2 is 2.00 bits per heavy atom. The molecular weight excluding hydrogens is 217 g/mol. The summed E-state index contributed by atoms with van der Waals surface area (Å²) >= 11 is 0. The number of rotatable bonds is 4. The number of hydrogen-bond acceptors (Lipinski definition) is 2. The van der Waals surface area contributed by atoms with Crippen LogP contribution in [-0.2, 0) is 10.0 Å². The minimum absolute atomic E-state index is 0.198. The first-order chi connectivity index (χ1) is 6.93. The van der Waals surface area contributed by atoms with Gasteiger partial charge in [0.05, 0.1) is 4.90 Å². The molecule has 1 N–H and O–H groups in total. The summed E-state index contributed by atoms with van der Waals surface area (Å²) in [6.45, 7) is 2.81. The van der Waals surface area contributed by atoms with Crippen LogP contribution in [0.3, 0.4) is 0 Å². The van der Waals surface area contributed by atoms with Gasteiger partial charge in [-0.3, -0.25) is 0 Å². The topological polar surface area (TPSA) is 46.2 Å². The predicted octanol–water partition coefficient (Wildman–Crippen LogP) is 1.63. The van der Waals surface area contributed by atoms with E-state index in [0.717, 1.165) is 0 Å². The Bertz CT molecular complexity index is 429. The van der Waals surface area contributed by atoms with Crippen LogP contribution in [0, 0.1) is 6.92 Å². The molecule has 0 aliphatic heterocycles. The maximum absolute atomic E-state index is 12.5. The van der Waals surface area contributed by atoms with Crippen molar-refractivity contribution in [3.63, 3.8) is 0 Å². The number of nitrogens with one attached hydrogen (secondary N) is 1. The summed E-state index contributed by atoms with van der Waals surface area (Å²) in [4.78, 5) is 0.200. The van der Waals surface area contributed by atoms with Gasteiger partial charge in [0.1, 0.15) is 6.17 Å². The third kappa shape index (κ3) is 3.28. The Hall–Kier alpha value is -0.940. The van der Waals surface area contributed by atoms with E-state index in [2.05, 4.69) is 4.72 Å². The third-order valence-corrected chi connectivity index (χ3v) is 3.52. The fourth-order valence-corrected chi connectivity index (χ4v) is 2.51. The van der Waals surface area contributed by atoms with E-state index in [1.807, 2.05) is 0 Å². The summed E-state index contributed by atoms with van der Waals surface area (Å²) in [5.74, 6) is 0. The van der Waals surface area contributed by atoms with Crippen LogP contribution in [0.4, 0.5) is 4.39 Å². The Kier molecular flexibility index (Phi) is 3.82. The van der Waals surface area contributed by atoms with Crippen molar-refractivity contribution in [3.05, 3.63) is 29.8 Å². The fraction of sp³-hybridized carbons (Fsp3) is 0.400. The summed E-state index contributed by atoms with van der Waals surface area (Å²) < 4.78 is 38.1. The van der Waals surface area contributed by atoms with Gasteiger partial charge in [-0.2, -0.15) is 0 Å². The smallest absolute Gasteiger partial charge is 0.240 e. The lowest BCUT2D eigenvalue weighted by molar-refractivity contribution is 0.360. The lowest BCUT2D eigenvalue weighted by Gasteiger charge is -2.09. The molecule has 15 heavy (non-hydrogen) atoms. The summed E-state index contributed by atoms with van der Waals surface area (Å²) in [6.07, 6.45) is -1.19. The van der Waals surface area contributed by atoms with Gasteiger partial charge in [0.15, 0.2) is 0 Å². The largest absolute Gasteiger partial charge is 0.246 e. The van der Waals surface area contributed by atoms with Gasteiger partial charge in [-0.15, -0.1) is 0 Å². The minimum atomic E-state index is -3.58. The maximum Gasteiger partial charge on any atom is 0.240 e. The van der Waals surface area contributed by atoms with Crippen molar-refractivity contribution in [3.8, 4) is 0 Å². The van der Waals surface area contributed by atoms with Crippen LogP contribution < -0.4 is 4.72 Å². The van der Waals surface area contributed by atoms with Gasteiger partial charge < -0.3 is 0 Å². The zero-order valence-electron chi connectivity index (χ0n) is 8.70. The lowest BCUT2D eigenvalue weighted by Crippen LogP contribution is -2.29. The second-order valence-corrected chi connectivity index (χ2v) is 5.13. The molecule has 1 atom stereocenters. The first-order valence-electron chi connectivity index (χ1n) is 4.63. The van der Waals surface area contributed by atoms with E-state index < -0.39 is 16.2 Å². The van der Waals surface area contributed by atoms with Gasteiger partial charge >= 0.3 is 0 Å². The van der Waals surface area contributed by atoms with Crippen LogP contribution in [0.15, 0.2) is 29.2 Å². The Labute approximate surface area is 89.4 Å². The Balaban J connectivity index is 2.92. The van der Waals surface area contributed by atoms with Crippen LogP contribution in [0.1, 0.15) is 12.5 Å². The van der Waals surface area contributed by atoms with Crippen LogP contribution in [-0.4, -0.2) is 21.1 Å². The molecule has 0 aliphatic rings. The second kappa shape index (κ2) is 4.72. The Morgan fingerprint density at radius 1 is 1.40 bits per heavy atom. The standard InChI is InChI=1S/C10H14FNO2S/c1-8-5-3-4-6-10(8)15(13,14)12-7-9(2)11/h3-6,9,12H,7H2,1-2H3. The molecular formula is C10H14FNO2S. The average Bonchev–Trinajstić information content (AvgIpc) is 2.15. The molecule has 3 nitrogen and oxygen atoms in total. The Morgan fingerprint density at radius 3 is 2.53 bits per heavy atom. The van der Waals surface area contributed by atoms with E-state index in [1.165, 1.54) is 13.0 Å². The molecule has 0 fully saturated rings. The molecule has 1 aromatic carbocycles. The van der Waals surface area contributed by atoms with Crippen molar-refractivity contribution < 1.29 is 12.8 Å². The molecule has 0 saturated heterocycles. The second-order valence-electron chi connectivity index (χ2n) is 3.40. The predicted molar refractivity (Wildman–Crippen MR) is 56.9 cm³/mol. The summed E-state index contributed by atoms with van der Waals surface area (Å²) in [5.41, 5.74) is 0.650. The molecule has 0 aliphatic carbocycles. The molecule has 0 aromatic heterocycles. The maximum atomic E-state index is 12.5. The monoisotopic (exact) mass is 231 g/mol. The summed E-state index contributed by atoms with van der Waals surface area (Å²) in [7, 11) is -3.58. The van der Waals surface area contributed by atoms with Crippen molar-refractivity contribution in [2.45, 2.75) is 24.9 Å². The van der Waals surface area contributed by atoms with Crippen molar-refractivity contribution in [1.29, 1.82) is 0 Å². The van der Waals surface area contributed by atoms with Gasteiger partial charge in [0.2, 0.25) is 10.0 Å². The van der Waals surface area contributed by atoms with Gasteiger partial charge in [-0.1, -0.05) is 18.2 Å². The number of halogens is 1. The molecule has 1 unspecified atom stereocenters. The molecule has 0 spiro atoms. The fourth-order valence-electron chi connectivity index (χ4n) is 1.16. The highest BCUT2D eigenvalue weighted by molar-refractivity contribution is 7.89. The van der Waals surface area contributed by atoms with Crippen LogP contribution in [0.2, 0.25) is 0 Å². The molecule has 0 saturated carbocycles. The highest BCUT2D eigenvalue weighted by Gasteiger charge is 2.16. The van der Waals surface area contributed by atoms with Crippen molar-refractivity contribution in [2.24, 2.45) is 0 Å². The SMILES string of the molecule is Cc1ccccc1S(=O)(=O)NCC(C)F. The first kappa shape index (κ1) is 12.1. The normalized spacial score (nSPS) is 13.8. The van der Waals surface area contributed by atoms with Crippen LogP contribution in [0.5, 0.6) is 0 Å². The number of aryl methyl sites for hydroxylation is 1. The van der Waals surface area contributed by atoms with Gasteiger partial charge in [0, 0.05) is 6.54 Å². The zero-order valence-corrected chi connectivity index (χ0v) is 9.51. The van der Waals surface area contributed by atoms with E-state index in [0.29, 0.717) is 5.56 Å². The molecule has 0 amide bonds. The minimum Gasteiger partial charge on any atom is -0.246 e. The van der Waals surface area contributed by atoms with Gasteiger partial charge in [0.25, 0.3) is 0 Å². The van der Waals surface area contributed by atoms with E-state index in [-0.39, 0.29) is 11.4 Å². The van der Waals surface area contributed by atoms with E-state index in [9.17, 15) is 12.8 Å². The van der Waals surface area contributed by atoms with E-state index in [4.69, 9.17) is 0 Å². The number of alkyl halides is 1. The van der Waals surface area contributed by atoms with Crippen molar-refractivity contribution in [2.75, 3.05) is 6.54 Å². The molecule has 1 rings (SSSR count). The molecule has 1 aromatic rings. The van der Waals surface area contributed by atoms with Crippen LogP contribution in [0.25, 0.3) is 0 Å². The zero-order chi connectivity index (χ0) is 11.5. The molecule has 0 bridgehead atoms. The highest BCUT2D eigenvalue weighted by atomic mass is 32.2. The van der Waals surface area contributed by atoms with Gasteiger partial charge in [-0.05, 0) is 25.5 Å². The summed E-state index contributed by atoms with van der Waals surface area (Å²) in [5, 5.41) is 0. The molecule has 84 valence electrons. The van der Waals surface area contributed by atoms with Gasteiger partial charge in [-0.25, -0.2) is 17.5 Å².